The lowest BCUT2D eigenvalue weighted by Gasteiger charge is -2.03. The average molecular weight is 322 g/mol. The molecule has 0 fully saturated rings. The van der Waals surface area contributed by atoms with Crippen LogP contribution in [0.3, 0.4) is 0 Å². The van der Waals surface area contributed by atoms with E-state index in [2.05, 4.69) is 38.9 Å². The molecule has 1 N–H and O–H groups in total. The van der Waals surface area contributed by atoms with Gasteiger partial charge in [-0.05, 0) is 64.3 Å². The molecule has 0 unspecified atom stereocenters. The number of thioether (sulfide) groups is 1. The van der Waals surface area contributed by atoms with Crippen LogP contribution >= 0.6 is 39.0 Å². The molecule has 4 heteroatoms. The standard InChI is InChI=1S/C12H20BrNS2/c1-15-7-5-3-2-4-6-14-9-11-8-12(13)16-10-11/h8,10,14H,2-7,9H2,1H3. The Hall–Kier alpha value is 0.490. The maximum Gasteiger partial charge on any atom is 0.0701 e. The normalized spacial score (nSPS) is 10.9. The van der Waals surface area contributed by atoms with Crippen LogP contribution in [0.25, 0.3) is 0 Å². The van der Waals surface area contributed by atoms with E-state index in [9.17, 15) is 0 Å². The van der Waals surface area contributed by atoms with Gasteiger partial charge in [-0.2, -0.15) is 11.8 Å². The molecule has 0 bridgehead atoms. The van der Waals surface area contributed by atoms with Crippen molar-refractivity contribution in [2.45, 2.75) is 32.2 Å². The van der Waals surface area contributed by atoms with Gasteiger partial charge in [-0.25, -0.2) is 0 Å². The van der Waals surface area contributed by atoms with E-state index in [0.717, 1.165) is 13.1 Å². The van der Waals surface area contributed by atoms with Crippen molar-refractivity contribution in [3.8, 4) is 0 Å². The lowest BCUT2D eigenvalue weighted by atomic mass is 10.2. The van der Waals surface area contributed by atoms with Gasteiger partial charge in [0.1, 0.15) is 0 Å². The van der Waals surface area contributed by atoms with Crippen molar-refractivity contribution in [3.05, 3.63) is 20.8 Å². The Morgan fingerprint density at radius 1 is 1.31 bits per heavy atom. The van der Waals surface area contributed by atoms with Gasteiger partial charge in [0, 0.05) is 6.54 Å². The second-order valence-electron chi connectivity index (χ2n) is 3.84. The largest absolute Gasteiger partial charge is 0.313 e. The molecule has 16 heavy (non-hydrogen) atoms. The van der Waals surface area contributed by atoms with Gasteiger partial charge in [0.15, 0.2) is 0 Å². The fourth-order valence-corrected chi connectivity index (χ4v) is 3.22. The maximum atomic E-state index is 3.49. The van der Waals surface area contributed by atoms with Gasteiger partial charge in [0.2, 0.25) is 0 Å². The van der Waals surface area contributed by atoms with Crippen LogP contribution in [0.4, 0.5) is 0 Å². The summed E-state index contributed by atoms with van der Waals surface area (Å²) in [5, 5.41) is 5.69. The van der Waals surface area contributed by atoms with Gasteiger partial charge in [0.25, 0.3) is 0 Å². The predicted molar refractivity (Wildman–Crippen MR) is 80.6 cm³/mol. The van der Waals surface area contributed by atoms with Crippen LogP contribution in [-0.4, -0.2) is 18.6 Å². The molecule has 0 spiro atoms. The molecule has 0 atom stereocenters. The first-order valence-corrected chi connectivity index (χ1v) is 8.82. The number of halogens is 1. The van der Waals surface area contributed by atoms with Crippen molar-refractivity contribution >= 4 is 39.0 Å². The highest BCUT2D eigenvalue weighted by Crippen LogP contribution is 2.20. The van der Waals surface area contributed by atoms with Gasteiger partial charge < -0.3 is 5.32 Å². The Balaban J connectivity index is 1.88. The lowest BCUT2D eigenvalue weighted by molar-refractivity contribution is 0.600. The zero-order valence-corrected chi connectivity index (χ0v) is 13.0. The summed E-state index contributed by atoms with van der Waals surface area (Å²) in [7, 11) is 0. The smallest absolute Gasteiger partial charge is 0.0701 e. The van der Waals surface area contributed by atoms with Crippen LogP contribution < -0.4 is 5.32 Å². The highest BCUT2D eigenvalue weighted by atomic mass is 79.9. The Kier molecular flexibility index (Phi) is 8.65. The molecule has 0 saturated carbocycles. The SMILES string of the molecule is CSCCCCCCNCc1csc(Br)c1. The summed E-state index contributed by atoms with van der Waals surface area (Å²) in [6.07, 6.45) is 7.60. The molecule has 1 aromatic heterocycles. The number of thiophene rings is 1. The number of nitrogens with one attached hydrogen (secondary N) is 1. The first-order chi connectivity index (χ1) is 7.83. The molecule has 92 valence electrons. The van der Waals surface area contributed by atoms with E-state index in [1.807, 2.05) is 11.8 Å². The summed E-state index contributed by atoms with van der Waals surface area (Å²) in [4.78, 5) is 0. The second-order valence-corrected chi connectivity index (χ2v) is 7.12. The van der Waals surface area contributed by atoms with Crippen LogP contribution in [0.5, 0.6) is 0 Å². The molecule has 0 radical (unpaired) electrons. The van der Waals surface area contributed by atoms with Crippen molar-refractivity contribution in [2.24, 2.45) is 0 Å². The first kappa shape index (κ1) is 14.6. The molecule has 0 aromatic carbocycles. The molecule has 0 amide bonds. The number of rotatable bonds is 9. The zero-order chi connectivity index (χ0) is 11.6. The van der Waals surface area contributed by atoms with Crippen molar-refractivity contribution in [1.82, 2.24) is 5.32 Å². The Labute approximate surface area is 116 Å². The highest BCUT2D eigenvalue weighted by Gasteiger charge is 1.96. The van der Waals surface area contributed by atoms with E-state index in [4.69, 9.17) is 0 Å². The Morgan fingerprint density at radius 2 is 2.12 bits per heavy atom. The molecule has 0 aliphatic carbocycles. The molecule has 1 rings (SSSR count). The van der Waals surface area contributed by atoms with Crippen LogP contribution in [0.1, 0.15) is 31.2 Å². The molecule has 0 aliphatic heterocycles. The van der Waals surface area contributed by atoms with E-state index in [-0.39, 0.29) is 0 Å². The van der Waals surface area contributed by atoms with E-state index in [1.54, 1.807) is 11.3 Å². The van der Waals surface area contributed by atoms with Gasteiger partial charge in [0.05, 0.1) is 3.79 Å². The minimum atomic E-state index is 1.01. The fraction of sp³-hybridized carbons (Fsp3) is 0.667. The molecule has 1 aromatic rings. The minimum Gasteiger partial charge on any atom is -0.313 e. The van der Waals surface area contributed by atoms with E-state index >= 15 is 0 Å². The van der Waals surface area contributed by atoms with Crippen LogP contribution in [0, 0.1) is 0 Å². The molecule has 0 aliphatic rings. The molecule has 1 heterocycles. The van der Waals surface area contributed by atoms with E-state index in [1.165, 1.54) is 40.8 Å². The molecule has 0 saturated heterocycles. The second kappa shape index (κ2) is 9.51. The topological polar surface area (TPSA) is 12.0 Å². The van der Waals surface area contributed by atoms with Crippen LogP contribution in [0.2, 0.25) is 0 Å². The monoisotopic (exact) mass is 321 g/mol. The Bertz CT molecular complexity index is 276. The Morgan fingerprint density at radius 3 is 2.81 bits per heavy atom. The van der Waals surface area contributed by atoms with Crippen molar-refractivity contribution in [1.29, 1.82) is 0 Å². The number of hydrogen-bond donors (Lipinski definition) is 1. The summed E-state index contributed by atoms with van der Waals surface area (Å²) >= 11 is 7.19. The summed E-state index contributed by atoms with van der Waals surface area (Å²) in [6, 6.07) is 2.19. The van der Waals surface area contributed by atoms with Crippen molar-refractivity contribution < 1.29 is 0 Å². The predicted octanol–water partition coefficient (Wildman–Crippen LogP) is 4.52. The lowest BCUT2D eigenvalue weighted by Crippen LogP contribution is -2.14. The fourth-order valence-electron chi connectivity index (χ4n) is 1.52. The summed E-state index contributed by atoms with van der Waals surface area (Å²) in [6.45, 7) is 2.15. The highest BCUT2D eigenvalue weighted by molar-refractivity contribution is 9.11. The quantitative estimate of drug-likeness (QED) is 0.671. The van der Waals surface area contributed by atoms with Crippen molar-refractivity contribution in [3.63, 3.8) is 0 Å². The first-order valence-electron chi connectivity index (χ1n) is 5.75. The van der Waals surface area contributed by atoms with E-state index < -0.39 is 0 Å². The minimum absolute atomic E-state index is 1.01. The average Bonchev–Trinajstić information content (AvgIpc) is 2.68. The number of unbranched alkanes of at least 4 members (excludes halogenated alkanes) is 3. The van der Waals surface area contributed by atoms with Gasteiger partial charge in [-0.3, -0.25) is 0 Å². The molecule has 1 nitrogen and oxygen atoms in total. The van der Waals surface area contributed by atoms with Crippen LogP contribution in [0.15, 0.2) is 15.2 Å². The van der Waals surface area contributed by atoms with Gasteiger partial charge >= 0.3 is 0 Å². The molecular formula is C12H20BrNS2. The van der Waals surface area contributed by atoms with Gasteiger partial charge in [-0.1, -0.05) is 12.8 Å². The van der Waals surface area contributed by atoms with Gasteiger partial charge in [-0.15, -0.1) is 11.3 Å². The zero-order valence-electron chi connectivity index (χ0n) is 9.80. The summed E-state index contributed by atoms with van der Waals surface area (Å²) in [5.74, 6) is 1.32. The third-order valence-electron chi connectivity index (χ3n) is 2.40. The third kappa shape index (κ3) is 6.94. The summed E-state index contributed by atoms with van der Waals surface area (Å²) in [5.41, 5.74) is 1.39. The third-order valence-corrected chi connectivity index (χ3v) is 4.65. The molecular weight excluding hydrogens is 302 g/mol. The summed E-state index contributed by atoms with van der Waals surface area (Å²) < 4.78 is 1.22. The van der Waals surface area contributed by atoms with Crippen molar-refractivity contribution in [2.75, 3.05) is 18.6 Å². The maximum absolute atomic E-state index is 3.49. The van der Waals surface area contributed by atoms with E-state index in [0.29, 0.717) is 0 Å². The number of hydrogen-bond acceptors (Lipinski definition) is 3. The van der Waals surface area contributed by atoms with Crippen LogP contribution in [-0.2, 0) is 6.54 Å².